The molecule has 2 atom stereocenters. The molecule has 1 aromatic heterocycles. The highest BCUT2D eigenvalue weighted by molar-refractivity contribution is 6.31. The SMILES string of the molecule is Cn1cc(Cl)c(CN(CCN2CCOCC2)C(=O)[C@H]2C[C@H]2c2ccccc2)n1. The molecule has 2 heterocycles. The molecule has 0 unspecified atom stereocenters. The maximum absolute atomic E-state index is 13.3. The van der Waals surface area contributed by atoms with Crippen LogP contribution < -0.4 is 0 Å². The summed E-state index contributed by atoms with van der Waals surface area (Å²) in [5, 5.41) is 5.05. The van der Waals surface area contributed by atoms with Crippen LogP contribution >= 0.6 is 11.6 Å². The normalized spacial score (nSPS) is 22.2. The lowest BCUT2D eigenvalue weighted by Crippen LogP contribution is -2.43. The highest BCUT2D eigenvalue weighted by Gasteiger charge is 2.45. The molecular formula is C21H27ClN4O2. The molecule has 0 bridgehead atoms. The quantitative estimate of drug-likeness (QED) is 0.714. The number of halogens is 1. The van der Waals surface area contributed by atoms with Gasteiger partial charge in [-0.1, -0.05) is 41.9 Å². The van der Waals surface area contributed by atoms with Crippen molar-refractivity contribution in [3.63, 3.8) is 0 Å². The Kier molecular flexibility index (Phi) is 5.99. The Labute approximate surface area is 171 Å². The van der Waals surface area contributed by atoms with Crippen molar-refractivity contribution in [2.75, 3.05) is 39.4 Å². The zero-order valence-corrected chi connectivity index (χ0v) is 17.0. The standard InChI is InChI=1S/C21H27ClN4O2/c1-24-14-19(22)20(23-24)15-26(8-7-25-9-11-28-12-10-25)21(27)18-13-17(18)16-5-3-2-4-6-16/h2-6,14,17-18H,7-13,15H2,1H3/t17-,18-/m0/s1. The first-order chi connectivity index (χ1) is 13.6. The fourth-order valence-corrected chi connectivity index (χ4v) is 4.16. The summed E-state index contributed by atoms with van der Waals surface area (Å²) in [4.78, 5) is 17.6. The second kappa shape index (κ2) is 8.64. The third-order valence-corrected chi connectivity index (χ3v) is 5.95. The Morgan fingerprint density at radius 1 is 1.29 bits per heavy atom. The van der Waals surface area contributed by atoms with Gasteiger partial charge in [0, 0.05) is 45.3 Å². The number of nitrogens with zero attached hydrogens (tertiary/aromatic N) is 4. The van der Waals surface area contributed by atoms with Gasteiger partial charge in [-0.25, -0.2) is 0 Å². The van der Waals surface area contributed by atoms with Crippen LogP contribution in [-0.4, -0.2) is 64.9 Å². The molecule has 1 saturated carbocycles. The Hall–Kier alpha value is -1.89. The molecule has 1 aliphatic heterocycles. The topological polar surface area (TPSA) is 50.6 Å². The number of benzene rings is 1. The first-order valence-electron chi connectivity index (χ1n) is 9.93. The molecule has 2 fully saturated rings. The van der Waals surface area contributed by atoms with E-state index in [-0.39, 0.29) is 11.8 Å². The van der Waals surface area contributed by atoms with Gasteiger partial charge in [-0.3, -0.25) is 14.4 Å². The summed E-state index contributed by atoms with van der Waals surface area (Å²) in [6, 6.07) is 10.3. The Morgan fingerprint density at radius 2 is 2.04 bits per heavy atom. The molecule has 28 heavy (non-hydrogen) atoms. The number of carbonyl (C=O) groups is 1. The largest absolute Gasteiger partial charge is 0.379 e. The van der Waals surface area contributed by atoms with Crippen LogP contribution in [0.4, 0.5) is 0 Å². The highest BCUT2D eigenvalue weighted by atomic mass is 35.5. The number of ether oxygens (including phenoxy) is 1. The molecule has 0 radical (unpaired) electrons. The first-order valence-corrected chi connectivity index (χ1v) is 10.3. The van der Waals surface area contributed by atoms with E-state index >= 15 is 0 Å². The molecular weight excluding hydrogens is 376 g/mol. The van der Waals surface area contributed by atoms with E-state index in [0.29, 0.717) is 24.0 Å². The van der Waals surface area contributed by atoms with Crippen molar-refractivity contribution < 1.29 is 9.53 Å². The van der Waals surface area contributed by atoms with Crippen LogP contribution in [0.1, 0.15) is 23.6 Å². The summed E-state index contributed by atoms with van der Waals surface area (Å²) in [6.45, 7) is 5.36. The second-order valence-corrected chi connectivity index (χ2v) is 8.08. The van der Waals surface area contributed by atoms with Crippen LogP contribution in [0.25, 0.3) is 0 Å². The Bertz CT molecular complexity index is 804. The van der Waals surface area contributed by atoms with E-state index in [1.165, 1.54) is 5.56 Å². The van der Waals surface area contributed by atoms with E-state index in [4.69, 9.17) is 16.3 Å². The third kappa shape index (κ3) is 4.57. The fraction of sp³-hybridized carbons (Fsp3) is 0.524. The van der Waals surface area contributed by atoms with Crippen molar-refractivity contribution in [2.24, 2.45) is 13.0 Å². The molecule has 150 valence electrons. The van der Waals surface area contributed by atoms with Gasteiger partial charge in [0.05, 0.1) is 24.8 Å². The summed E-state index contributed by atoms with van der Waals surface area (Å²) < 4.78 is 7.13. The lowest BCUT2D eigenvalue weighted by Gasteiger charge is -2.30. The van der Waals surface area contributed by atoms with Gasteiger partial charge in [-0.15, -0.1) is 0 Å². The van der Waals surface area contributed by atoms with Crippen LogP contribution in [-0.2, 0) is 23.1 Å². The summed E-state index contributed by atoms with van der Waals surface area (Å²) in [7, 11) is 1.85. The Balaban J connectivity index is 1.44. The Morgan fingerprint density at radius 3 is 2.71 bits per heavy atom. The van der Waals surface area contributed by atoms with Gasteiger partial charge < -0.3 is 9.64 Å². The number of carbonyl (C=O) groups excluding carboxylic acids is 1. The predicted molar refractivity (Wildman–Crippen MR) is 108 cm³/mol. The summed E-state index contributed by atoms with van der Waals surface area (Å²) in [6.07, 6.45) is 2.71. The molecule has 2 aliphatic rings. The molecule has 1 aromatic carbocycles. The number of hydrogen-bond donors (Lipinski definition) is 0. The zero-order chi connectivity index (χ0) is 19.5. The minimum Gasteiger partial charge on any atom is -0.379 e. The van der Waals surface area contributed by atoms with Crippen molar-refractivity contribution in [2.45, 2.75) is 18.9 Å². The molecule has 1 saturated heterocycles. The van der Waals surface area contributed by atoms with E-state index in [1.54, 1.807) is 10.9 Å². The zero-order valence-electron chi connectivity index (χ0n) is 16.3. The van der Waals surface area contributed by atoms with Crippen molar-refractivity contribution in [3.05, 3.63) is 52.8 Å². The second-order valence-electron chi connectivity index (χ2n) is 7.67. The number of amides is 1. The van der Waals surface area contributed by atoms with Crippen LogP contribution in [0, 0.1) is 5.92 Å². The van der Waals surface area contributed by atoms with Crippen LogP contribution in [0.5, 0.6) is 0 Å². The summed E-state index contributed by atoms with van der Waals surface area (Å²) in [5.74, 6) is 0.609. The highest BCUT2D eigenvalue weighted by Crippen LogP contribution is 2.48. The molecule has 7 heteroatoms. The molecule has 4 rings (SSSR count). The smallest absolute Gasteiger partial charge is 0.226 e. The maximum atomic E-state index is 13.3. The average Bonchev–Trinajstić information content (AvgIpc) is 3.45. The van der Waals surface area contributed by atoms with E-state index in [2.05, 4.69) is 22.1 Å². The van der Waals surface area contributed by atoms with E-state index in [1.807, 2.05) is 30.1 Å². The van der Waals surface area contributed by atoms with Gasteiger partial charge in [0.15, 0.2) is 0 Å². The number of aryl methyl sites for hydroxylation is 1. The molecule has 0 N–H and O–H groups in total. The molecule has 6 nitrogen and oxygen atoms in total. The number of hydrogen-bond acceptors (Lipinski definition) is 4. The van der Waals surface area contributed by atoms with Crippen molar-refractivity contribution in [1.82, 2.24) is 19.6 Å². The fourth-order valence-electron chi connectivity index (χ4n) is 3.92. The third-order valence-electron chi connectivity index (χ3n) is 5.63. The lowest BCUT2D eigenvalue weighted by atomic mass is 10.1. The van der Waals surface area contributed by atoms with Crippen molar-refractivity contribution >= 4 is 17.5 Å². The minimum absolute atomic E-state index is 0.0644. The van der Waals surface area contributed by atoms with Gasteiger partial charge in [0.25, 0.3) is 0 Å². The summed E-state index contributed by atoms with van der Waals surface area (Å²) in [5.41, 5.74) is 2.02. The summed E-state index contributed by atoms with van der Waals surface area (Å²) >= 11 is 6.31. The van der Waals surface area contributed by atoms with Crippen molar-refractivity contribution in [1.29, 1.82) is 0 Å². The van der Waals surface area contributed by atoms with Gasteiger partial charge in [-0.05, 0) is 17.9 Å². The molecule has 1 aliphatic carbocycles. The average molecular weight is 403 g/mol. The van der Waals surface area contributed by atoms with E-state index < -0.39 is 0 Å². The van der Waals surface area contributed by atoms with Gasteiger partial charge in [-0.2, -0.15) is 5.10 Å². The predicted octanol–water partition coefficient (Wildman–Crippen LogP) is 2.54. The number of morpholine rings is 1. The van der Waals surface area contributed by atoms with Crippen molar-refractivity contribution in [3.8, 4) is 0 Å². The van der Waals surface area contributed by atoms with Crippen LogP contribution in [0.15, 0.2) is 36.5 Å². The van der Waals surface area contributed by atoms with E-state index in [9.17, 15) is 4.79 Å². The molecule has 2 aromatic rings. The number of aromatic nitrogens is 2. The van der Waals surface area contributed by atoms with Gasteiger partial charge >= 0.3 is 0 Å². The minimum atomic E-state index is 0.0644. The van der Waals surface area contributed by atoms with Gasteiger partial charge in [0.1, 0.15) is 5.69 Å². The molecule has 1 amide bonds. The lowest BCUT2D eigenvalue weighted by molar-refractivity contribution is -0.133. The molecule has 0 spiro atoms. The van der Waals surface area contributed by atoms with E-state index in [0.717, 1.165) is 45.0 Å². The number of rotatable bonds is 7. The van der Waals surface area contributed by atoms with Crippen LogP contribution in [0.3, 0.4) is 0 Å². The van der Waals surface area contributed by atoms with Crippen LogP contribution in [0.2, 0.25) is 5.02 Å². The monoisotopic (exact) mass is 402 g/mol. The first kappa shape index (κ1) is 19.4. The maximum Gasteiger partial charge on any atom is 0.226 e. The van der Waals surface area contributed by atoms with Gasteiger partial charge in [0.2, 0.25) is 5.91 Å².